The van der Waals surface area contributed by atoms with Gasteiger partial charge in [-0.1, -0.05) is 29.8 Å². The molecule has 0 aliphatic rings. The molecule has 0 amide bonds. The number of ether oxygens (including phenoxy) is 2. The fourth-order valence-corrected chi connectivity index (χ4v) is 2.38. The highest BCUT2D eigenvalue weighted by molar-refractivity contribution is 5.89. The van der Waals surface area contributed by atoms with Crippen molar-refractivity contribution >= 4 is 17.5 Å². The van der Waals surface area contributed by atoms with Crippen LogP contribution in [0.3, 0.4) is 0 Å². The minimum absolute atomic E-state index is 0.238. The van der Waals surface area contributed by atoms with Crippen LogP contribution >= 0.6 is 0 Å². The molecule has 0 bridgehead atoms. The third-order valence-electron chi connectivity index (χ3n) is 3.92. The number of hydrogen-bond acceptors (Lipinski definition) is 7. The van der Waals surface area contributed by atoms with E-state index in [0.29, 0.717) is 29.4 Å². The van der Waals surface area contributed by atoms with Crippen molar-refractivity contribution in [3.05, 3.63) is 71.5 Å². The number of aromatic nitrogens is 2. The number of aryl methyl sites for hydroxylation is 1. The molecule has 138 valence electrons. The second-order valence-corrected chi connectivity index (χ2v) is 5.90. The van der Waals surface area contributed by atoms with Gasteiger partial charge in [0, 0.05) is 6.54 Å². The van der Waals surface area contributed by atoms with Gasteiger partial charge in [0.1, 0.15) is 17.8 Å². The summed E-state index contributed by atoms with van der Waals surface area (Å²) in [5, 5.41) is 3.19. The summed E-state index contributed by atoms with van der Waals surface area (Å²) in [5.41, 5.74) is 9.18. The number of hydrogen-bond donors (Lipinski definition) is 2. The van der Waals surface area contributed by atoms with Crippen molar-refractivity contribution in [3.63, 3.8) is 0 Å². The Bertz CT molecular complexity index is 925. The summed E-state index contributed by atoms with van der Waals surface area (Å²) in [5.74, 6) is 0.817. The zero-order valence-corrected chi connectivity index (χ0v) is 15.1. The highest BCUT2D eigenvalue weighted by Gasteiger charge is 2.11. The van der Waals surface area contributed by atoms with Gasteiger partial charge in [-0.15, -0.1) is 0 Å². The number of carbonyl (C=O) groups excluding carboxylic acids is 1. The van der Waals surface area contributed by atoms with Gasteiger partial charge < -0.3 is 20.5 Å². The van der Waals surface area contributed by atoms with E-state index < -0.39 is 5.97 Å². The minimum atomic E-state index is -0.411. The standard InChI is InChI=1S/C20H20N4O3/c1-13-3-5-14(6-4-13)11-22-18-17(21)19(24-12-23-18)27-16-9-7-15(8-10-16)20(25)26-2/h3-10,12H,11,21H2,1-2H3,(H,22,23,24). The first-order valence-corrected chi connectivity index (χ1v) is 8.33. The number of nitrogens with zero attached hydrogens (tertiary/aromatic N) is 2. The number of nitrogens with one attached hydrogen (secondary N) is 1. The summed E-state index contributed by atoms with van der Waals surface area (Å²) in [6.07, 6.45) is 1.38. The molecule has 3 aromatic rings. The molecule has 0 spiro atoms. The fourth-order valence-electron chi connectivity index (χ4n) is 2.38. The highest BCUT2D eigenvalue weighted by Crippen LogP contribution is 2.29. The van der Waals surface area contributed by atoms with Crippen LogP contribution in [0, 0.1) is 6.92 Å². The summed E-state index contributed by atoms with van der Waals surface area (Å²) in [6, 6.07) is 14.7. The maximum Gasteiger partial charge on any atom is 0.337 e. The van der Waals surface area contributed by atoms with Gasteiger partial charge in [0.05, 0.1) is 12.7 Å². The molecular formula is C20H20N4O3. The average Bonchev–Trinajstić information content (AvgIpc) is 2.70. The van der Waals surface area contributed by atoms with Crippen LogP contribution in [0.15, 0.2) is 54.9 Å². The molecule has 0 atom stereocenters. The molecule has 0 fully saturated rings. The van der Waals surface area contributed by atoms with Crippen molar-refractivity contribution in [1.29, 1.82) is 0 Å². The lowest BCUT2D eigenvalue weighted by Gasteiger charge is -2.12. The first-order valence-electron chi connectivity index (χ1n) is 8.33. The molecule has 1 heterocycles. The second-order valence-electron chi connectivity index (χ2n) is 5.90. The molecule has 27 heavy (non-hydrogen) atoms. The zero-order valence-electron chi connectivity index (χ0n) is 15.1. The first kappa shape index (κ1) is 18.2. The molecule has 0 aliphatic carbocycles. The Labute approximate surface area is 157 Å². The quantitative estimate of drug-likeness (QED) is 0.645. The molecule has 3 rings (SSSR count). The van der Waals surface area contributed by atoms with Gasteiger partial charge in [-0.05, 0) is 36.8 Å². The Morgan fingerprint density at radius 2 is 1.78 bits per heavy atom. The van der Waals surface area contributed by atoms with Crippen LogP contribution < -0.4 is 15.8 Å². The SMILES string of the molecule is COC(=O)c1ccc(Oc2ncnc(NCc3ccc(C)cc3)c2N)cc1. The molecule has 0 unspecified atom stereocenters. The van der Waals surface area contributed by atoms with Crippen molar-refractivity contribution in [1.82, 2.24) is 9.97 Å². The van der Waals surface area contributed by atoms with E-state index in [1.807, 2.05) is 31.2 Å². The normalized spacial score (nSPS) is 10.3. The van der Waals surface area contributed by atoms with Gasteiger partial charge in [-0.3, -0.25) is 0 Å². The molecule has 0 saturated carbocycles. The van der Waals surface area contributed by atoms with E-state index >= 15 is 0 Å². The predicted molar refractivity (Wildman–Crippen MR) is 103 cm³/mol. The van der Waals surface area contributed by atoms with Crippen LogP contribution in [0.5, 0.6) is 11.6 Å². The van der Waals surface area contributed by atoms with Gasteiger partial charge in [-0.2, -0.15) is 4.98 Å². The molecule has 2 aromatic carbocycles. The second kappa shape index (κ2) is 8.18. The Kier molecular flexibility index (Phi) is 5.51. The lowest BCUT2D eigenvalue weighted by atomic mass is 10.1. The number of rotatable bonds is 6. The maximum absolute atomic E-state index is 11.5. The smallest absolute Gasteiger partial charge is 0.337 e. The summed E-state index contributed by atoms with van der Waals surface area (Å²) in [7, 11) is 1.33. The summed E-state index contributed by atoms with van der Waals surface area (Å²) in [4.78, 5) is 19.7. The Morgan fingerprint density at radius 3 is 2.44 bits per heavy atom. The number of carbonyl (C=O) groups is 1. The predicted octanol–water partition coefficient (Wildman–Crippen LogP) is 3.56. The number of esters is 1. The minimum Gasteiger partial charge on any atom is -0.465 e. The molecule has 0 radical (unpaired) electrons. The fraction of sp³-hybridized carbons (Fsp3) is 0.150. The molecule has 3 N–H and O–H groups in total. The van der Waals surface area contributed by atoms with Gasteiger partial charge in [0.25, 0.3) is 0 Å². The first-order chi connectivity index (χ1) is 13.1. The summed E-state index contributed by atoms with van der Waals surface area (Å²) in [6.45, 7) is 2.62. The molecule has 0 saturated heterocycles. The number of anilines is 2. The van der Waals surface area contributed by atoms with Crippen molar-refractivity contribution < 1.29 is 14.3 Å². The van der Waals surface area contributed by atoms with Crippen molar-refractivity contribution in [2.75, 3.05) is 18.2 Å². The third kappa shape index (κ3) is 4.52. The van der Waals surface area contributed by atoms with Gasteiger partial charge in [0.15, 0.2) is 5.82 Å². The van der Waals surface area contributed by atoms with Crippen molar-refractivity contribution in [2.45, 2.75) is 13.5 Å². The molecule has 7 nitrogen and oxygen atoms in total. The van der Waals surface area contributed by atoms with Crippen molar-refractivity contribution in [3.8, 4) is 11.6 Å². The van der Waals surface area contributed by atoms with Crippen LogP contribution in [0.4, 0.5) is 11.5 Å². The van der Waals surface area contributed by atoms with E-state index in [1.54, 1.807) is 24.3 Å². The number of nitrogens with two attached hydrogens (primary N) is 1. The van der Waals surface area contributed by atoms with E-state index in [-0.39, 0.29) is 5.88 Å². The number of benzene rings is 2. The van der Waals surface area contributed by atoms with Gasteiger partial charge >= 0.3 is 5.97 Å². The summed E-state index contributed by atoms with van der Waals surface area (Å²) >= 11 is 0. The molecular weight excluding hydrogens is 344 g/mol. The van der Waals surface area contributed by atoms with E-state index in [1.165, 1.54) is 19.0 Å². The Morgan fingerprint density at radius 1 is 1.07 bits per heavy atom. The van der Waals surface area contributed by atoms with E-state index in [2.05, 4.69) is 20.0 Å². The topological polar surface area (TPSA) is 99.4 Å². The average molecular weight is 364 g/mol. The number of nitrogen functional groups attached to an aromatic ring is 1. The van der Waals surface area contributed by atoms with Crippen LogP contribution in [0.1, 0.15) is 21.5 Å². The lowest BCUT2D eigenvalue weighted by molar-refractivity contribution is 0.0600. The molecule has 7 heteroatoms. The van der Waals surface area contributed by atoms with Crippen molar-refractivity contribution in [2.24, 2.45) is 0 Å². The summed E-state index contributed by atoms with van der Waals surface area (Å²) < 4.78 is 10.4. The Balaban J connectivity index is 1.70. The van der Waals surface area contributed by atoms with Crippen LogP contribution in [0.25, 0.3) is 0 Å². The Hall–Kier alpha value is -3.61. The number of methoxy groups -OCH3 is 1. The zero-order chi connectivity index (χ0) is 19.2. The monoisotopic (exact) mass is 364 g/mol. The van der Waals surface area contributed by atoms with Gasteiger partial charge in [-0.25, -0.2) is 9.78 Å². The maximum atomic E-state index is 11.5. The lowest BCUT2D eigenvalue weighted by Crippen LogP contribution is -2.07. The van der Waals surface area contributed by atoms with E-state index in [9.17, 15) is 4.79 Å². The highest BCUT2D eigenvalue weighted by atomic mass is 16.5. The van der Waals surface area contributed by atoms with E-state index in [0.717, 1.165) is 5.56 Å². The largest absolute Gasteiger partial charge is 0.465 e. The van der Waals surface area contributed by atoms with Crippen LogP contribution in [-0.2, 0) is 11.3 Å². The van der Waals surface area contributed by atoms with Crippen LogP contribution in [-0.4, -0.2) is 23.0 Å². The van der Waals surface area contributed by atoms with E-state index in [4.69, 9.17) is 10.5 Å². The third-order valence-corrected chi connectivity index (χ3v) is 3.92. The molecule has 1 aromatic heterocycles. The van der Waals surface area contributed by atoms with Gasteiger partial charge in [0.2, 0.25) is 5.88 Å². The molecule has 0 aliphatic heterocycles. The van der Waals surface area contributed by atoms with Crippen LogP contribution in [0.2, 0.25) is 0 Å².